The summed E-state index contributed by atoms with van der Waals surface area (Å²) in [4.78, 5) is 23.7. The molecule has 2 aromatic carbocycles. The zero-order chi connectivity index (χ0) is 17.5. The van der Waals surface area contributed by atoms with E-state index in [1.54, 1.807) is 25.1 Å². The van der Waals surface area contributed by atoms with Crippen LogP contribution in [0.5, 0.6) is 0 Å². The minimum absolute atomic E-state index is 0.367. The van der Waals surface area contributed by atoms with Crippen molar-refractivity contribution >= 4 is 22.6 Å². The third-order valence-electron chi connectivity index (χ3n) is 3.70. The SMILES string of the molecule is C=CCCOC(C)C(=O)NC(C(=O)O)c1ccc2ccccc2c1. The Morgan fingerprint density at radius 2 is 1.96 bits per heavy atom. The molecule has 5 heteroatoms. The molecule has 24 heavy (non-hydrogen) atoms. The fourth-order valence-electron chi connectivity index (χ4n) is 2.34. The van der Waals surface area contributed by atoms with E-state index < -0.39 is 24.0 Å². The average molecular weight is 327 g/mol. The number of aliphatic carboxylic acids is 1. The number of carbonyl (C=O) groups is 2. The Morgan fingerprint density at radius 1 is 1.25 bits per heavy atom. The van der Waals surface area contributed by atoms with Crippen LogP contribution in [0.1, 0.15) is 24.9 Å². The van der Waals surface area contributed by atoms with Crippen molar-refractivity contribution in [2.75, 3.05) is 6.61 Å². The van der Waals surface area contributed by atoms with Crippen LogP contribution in [0.15, 0.2) is 55.1 Å². The van der Waals surface area contributed by atoms with Crippen LogP contribution in [-0.4, -0.2) is 29.7 Å². The molecule has 0 aliphatic carbocycles. The second-order valence-corrected chi connectivity index (χ2v) is 5.48. The van der Waals surface area contributed by atoms with Crippen LogP contribution in [0.25, 0.3) is 10.8 Å². The highest BCUT2D eigenvalue weighted by molar-refractivity contribution is 5.89. The van der Waals surface area contributed by atoms with E-state index in [1.807, 2.05) is 30.3 Å². The van der Waals surface area contributed by atoms with Crippen molar-refractivity contribution < 1.29 is 19.4 Å². The van der Waals surface area contributed by atoms with E-state index in [0.717, 1.165) is 10.8 Å². The summed E-state index contributed by atoms with van der Waals surface area (Å²) in [6.45, 7) is 5.54. The molecule has 0 aliphatic heterocycles. The first kappa shape index (κ1) is 17.7. The zero-order valence-electron chi connectivity index (χ0n) is 13.6. The minimum Gasteiger partial charge on any atom is -0.479 e. The van der Waals surface area contributed by atoms with Gasteiger partial charge in [0.05, 0.1) is 6.61 Å². The Hall–Kier alpha value is -2.66. The smallest absolute Gasteiger partial charge is 0.330 e. The molecule has 0 spiro atoms. The summed E-state index contributed by atoms with van der Waals surface area (Å²) in [6, 6.07) is 11.9. The summed E-state index contributed by atoms with van der Waals surface area (Å²) < 4.78 is 5.35. The zero-order valence-corrected chi connectivity index (χ0v) is 13.6. The van der Waals surface area contributed by atoms with Crippen LogP contribution >= 0.6 is 0 Å². The predicted molar refractivity (Wildman–Crippen MR) is 92.7 cm³/mol. The molecule has 2 atom stereocenters. The van der Waals surface area contributed by atoms with Crippen molar-refractivity contribution in [1.29, 1.82) is 0 Å². The van der Waals surface area contributed by atoms with Crippen LogP contribution in [0, 0.1) is 0 Å². The number of rotatable bonds is 8. The van der Waals surface area contributed by atoms with Gasteiger partial charge in [0.15, 0.2) is 6.04 Å². The number of hydrogen-bond donors (Lipinski definition) is 2. The molecule has 0 saturated heterocycles. The number of fused-ring (bicyclic) bond motifs is 1. The van der Waals surface area contributed by atoms with Crippen molar-refractivity contribution in [1.82, 2.24) is 5.32 Å². The van der Waals surface area contributed by atoms with Gasteiger partial charge in [-0.1, -0.05) is 42.5 Å². The first-order chi connectivity index (χ1) is 11.5. The molecule has 0 bridgehead atoms. The molecule has 0 heterocycles. The largest absolute Gasteiger partial charge is 0.479 e. The Morgan fingerprint density at radius 3 is 2.62 bits per heavy atom. The van der Waals surface area contributed by atoms with Gasteiger partial charge in [-0.3, -0.25) is 4.79 Å². The lowest BCUT2D eigenvalue weighted by Gasteiger charge is -2.19. The normalized spacial score (nSPS) is 13.2. The quantitative estimate of drug-likeness (QED) is 0.577. The topological polar surface area (TPSA) is 75.6 Å². The average Bonchev–Trinajstić information content (AvgIpc) is 2.58. The molecule has 2 aromatic rings. The first-order valence-corrected chi connectivity index (χ1v) is 7.77. The van der Waals surface area contributed by atoms with Gasteiger partial charge in [0, 0.05) is 0 Å². The van der Waals surface area contributed by atoms with E-state index in [2.05, 4.69) is 11.9 Å². The number of hydrogen-bond acceptors (Lipinski definition) is 3. The maximum absolute atomic E-state index is 12.2. The van der Waals surface area contributed by atoms with Gasteiger partial charge in [-0.25, -0.2) is 4.79 Å². The van der Waals surface area contributed by atoms with Gasteiger partial charge in [-0.15, -0.1) is 6.58 Å². The fraction of sp³-hybridized carbons (Fsp3) is 0.263. The molecule has 2 N–H and O–H groups in total. The third-order valence-corrected chi connectivity index (χ3v) is 3.70. The van der Waals surface area contributed by atoms with Gasteiger partial charge in [0.25, 0.3) is 0 Å². The maximum Gasteiger partial charge on any atom is 0.330 e. The van der Waals surface area contributed by atoms with Crippen LogP contribution in [0.3, 0.4) is 0 Å². The summed E-state index contributed by atoms with van der Waals surface area (Å²) in [5, 5.41) is 13.9. The number of ether oxygens (including phenoxy) is 1. The number of nitrogens with one attached hydrogen (secondary N) is 1. The van der Waals surface area contributed by atoms with E-state index in [1.165, 1.54) is 0 Å². The molecule has 2 rings (SSSR count). The number of benzene rings is 2. The van der Waals surface area contributed by atoms with Gasteiger partial charge < -0.3 is 15.2 Å². The lowest BCUT2D eigenvalue weighted by atomic mass is 10.0. The van der Waals surface area contributed by atoms with Crippen LogP contribution in [0.4, 0.5) is 0 Å². The monoisotopic (exact) mass is 327 g/mol. The molecular weight excluding hydrogens is 306 g/mol. The van der Waals surface area contributed by atoms with E-state index in [-0.39, 0.29) is 0 Å². The van der Waals surface area contributed by atoms with Gasteiger partial charge in [-0.05, 0) is 35.7 Å². The van der Waals surface area contributed by atoms with Crippen LogP contribution < -0.4 is 5.32 Å². The van der Waals surface area contributed by atoms with Crippen LogP contribution in [-0.2, 0) is 14.3 Å². The lowest BCUT2D eigenvalue weighted by Crippen LogP contribution is -2.40. The van der Waals surface area contributed by atoms with Gasteiger partial charge in [-0.2, -0.15) is 0 Å². The number of amides is 1. The molecule has 0 radical (unpaired) electrons. The highest BCUT2D eigenvalue weighted by Crippen LogP contribution is 2.21. The second kappa shape index (κ2) is 8.26. The van der Waals surface area contributed by atoms with Gasteiger partial charge >= 0.3 is 5.97 Å². The van der Waals surface area contributed by atoms with Crippen molar-refractivity contribution in [2.24, 2.45) is 0 Å². The summed E-state index contributed by atoms with van der Waals surface area (Å²) in [5.41, 5.74) is 0.521. The maximum atomic E-state index is 12.2. The molecule has 126 valence electrons. The van der Waals surface area contributed by atoms with Crippen LogP contribution in [0.2, 0.25) is 0 Å². The Balaban J connectivity index is 2.14. The fourth-order valence-corrected chi connectivity index (χ4v) is 2.34. The molecule has 0 saturated carbocycles. The predicted octanol–water partition coefficient (Wildman–Crippen LogP) is 3.06. The molecule has 5 nitrogen and oxygen atoms in total. The second-order valence-electron chi connectivity index (χ2n) is 5.48. The van der Waals surface area contributed by atoms with E-state index >= 15 is 0 Å². The molecule has 0 aromatic heterocycles. The van der Waals surface area contributed by atoms with Crippen molar-refractivity contribution in [3.63, 3.8) is 0 Å². The highest BCUT2D eigenvalue weighted by Gasteiger charge is 2.25. The van der Waals surface area contributed by atoms with Crippen molar-refractivity contribution in [2.45, 2.75) is 25.5 Å². The molecule has 0 aliphatic rings. The van der Waals surface area contributed by atoms with E-state index in [0.29, 0.717) is 18.6 Å². The summed E-state index contributed by atoms with van der Waals surface area (Å²) >= 11 is 0. The number of carbonyl (C=O) groups excluding carboxylic acids is 1. The standard InChI is InChI=1S/C19H21NO4/c1-3-4-11-24-13(2)18(21)20-17(19(22)23)16-10-9-14-7-5-6-8-15(14)12-16/h3,5-10,12-13,17H,1,4,11H2,2H3,(H,20,21)(H,22,23). The third kappa shape index (κ3) is 4.43. The summed E-state index contributed by atoms with van der Waals surface area (Å²) in [6.07, 6.45) is 1.59. The summed E-state index contributed by atoms with van der Waals surface area (Å²) in [7, 11) is 0. The Labute approximate surface area is 140 Å². The van der Waals surface area contributed by atoms with Crippen molar-refractivity contribution in [3.8, 4) is 0 Å². The molecular formula is C19H21NO4. The number of carboxylic acid groups (broad SMARTS) is 1. The highest BCUT2D eigenvalue weighted by atomic mass is 16.5. The first-order valence-electron chi connectivity index (χ1n) is 7.77. The molecule has 1 amide bonds. The lowest BCUT2D eigenvalue weighted by molar-refractivity contribution is -0.144. The molecule has 0 fully saturated rings. The van der Waals surface area contributed by atoms with Crippen molar-refractivity contribution in [3.05, 3.63) is 60.7 Å². The minimum atomic E-state index is -1.12. The Bertz CT molecular complexity index is 741. The number of carboxylic acids is 1. The van der Waals surface area contributed by atoms with E-state index in [4.69, 9.17) is 4.74 Å². The molecule has 2 unspecified atom stereocenters. The Kier molecular flexibility index (Phi) is 6.09. The van der Waals surface area contributed by atoms with Gasteiger partial charge in [0.1, 0.15) is 6.10 Å². The van der Waals surface area contributed by atoms with E-state index in [9.17, 15) is 14.7 Å². The summed E-state index contributed by atoms with van der Waals surface area (Å²) in [5.74, 6) is -1.57. The van der Waals surface area contributed by atoms with Gasteiger partial charge in [0.2, 0.25) is 5.91 Å².